The van der Waals surface area contributed by atoms with Crippen LogP contribution in [0.1, 0.15) is 39.0 Å². The summed E-state index contributed by atoms with van der Waals surface area (Å²) in [7, 11) is 0. The van der Waals surface area contributed by atoms with E-state index in [0.717, 1.165) is 30.6 Å². The van der Waals surface area contributed by atoms with Crippen molar-refractivity contribution >= 4 is 33.6 Å². The first-order chi connectivity index (χ1) is 8.15. The molecule has 2 rings (SSSR count). The molecule has 2 aliphatic heterocycles. The lowest BCUT2D eigenvalue weighted by atomic mass is 9.94. The average Bonchev–Trinajstić information content (AvgIpc) is 2.77. The molecule has 0 aromatic heterocycles. The summed E-state index contributed by atoms with van der Waals surface area (Å²) in [6.07, 6.45) is 5.94. The van der Waals surface area contributed by atoms with Crippen molar-refractivity contribution in [2.24, 2.45) is 5.92 Å². The normalized spacial score (nSPS) is 34.0. The van der Waals surface area contributed by atoms with Gasteiger partial charge in [-0.3, -0.25) is 4.79 Å². The standard InChI is InChI=1S/C13H22BrNOS/c1-13(6-3-9-17-13)12(16)15-8-2-4-11(10-15)5-7-14/h11H,2-10H2,1H3. The fourth-order valence-corrected chi connectivity index (χ4v) is 4.85. The quantitative estimate of drug-likeness (QED) is 0.744. The van der Waals surface area contributed by atoms with Gasteiger partial charge in [0.15, 0.2) is 0 Å². The van der Waals surface area contributed by atoms with Crippen molar-refractivity contribution in [3.05, 3.63) is 0 Å². The van der Waals surface area contributed by atoms with Crippen molar-refractivity contribution in [2.45, 2.75) is 43.8 Å². The first-order valence-electron chi connectivity index (χ1n) is 6.65. The van der Waals surface area contributed by atoms with Crippen molar-refractivity contribution in [1.82, 2.24) is 4.90 Å². The number of amides is 1. The third-order valence-corrected chi connectivity index (χ3v) is 5.96. The van der Waals surface area contributed by atoms with E-state index in [4.69, 9.17) is 0 Å². The first kappa shape index (κ1) is 13.7. The Kier molecular flexibility index (Phi) is 4.81. The number of hydrogen-bond acceptors (Lipinski definition) is 2. The molecule has 0 aliphatic carbocycles. The maximum atomic E-state index is 12.6. The van der Waals surface area contributed by atoms with Gasteiger partial charge < -0.3 is 4.90 Å². The summed E-state index contributed by atoms with van der Waals surface area (Å²) in [5.41, 5.74) is 0. The number of thioether (sulfide) groups is 1. The van der Waals surface area contributed by atoms with E-state index in [2.05, 4.69) is 27.8 Å². The van der Waals surface area contributed by atoms with Gasteiger partial charge in [-0.2, -0.15) is 0 Å². The van der Waals surface area contributed by atoms with Crippen LogP contribution in [-0.2, 0) is 4.79 Å². The summed E-state index contributed by atoms with van der Waals surface area (Å²) >= 11 is 5.37. The maximum Gasteiger partial charge on any atom is 0.238 e. The third kappa shape index (κ3) is 3.19. The molecule has 17 heavy (non-hydrogen) atoms. The van der Waals surface area contributed by atoms with Crippen molar-refractivity contribution in [3.8, 4) is 0 Å². The van der Waals surface area contributed by atoms with E-state index in [1.54, 1.807) is 0 Å². The molecule has 0 aromatic carbocycles. The van der Waals surface area contributed by atoms with E-state index in [-0.39, 0.29) is 4.75 Å². The molecule has 0 radical (unpaired) electrons. The van der Waals surface area contributed by atoms with Gasteiger partial charge in [-0.1, -0.05) is 15.9 Å². The molecule has 0 spiro atoms. The summed E-state index contributed by atoms with van der Waals surface area (Å²) in [5.74, 6) is 2.27. The van der Waals surface area contributed by atoms with Crippen molar-refractivity contribution in [2.75, 3.05) is 24.2 Å². The molecule has 2 saturated heterocycles. The van der Waals surface area contributed by atoms with Crippen LogP contribution in [0.4, 0.5) is 0 Å². The molecule has 2 fully saturated rings. The highest BCUT2D eigenvalue weighted by Crippen LogP contribution is 2.40. The molecule has 1 amide bonds. The van der Waals surface area contributed by atoms with Gasteiger partial charge in [0.1, 0.15) is 0 Å². The fourth-order valence-electron chi connectivity index (χ4n) is 2.92. The van der Waals surface area contributed by atoms with Crippen LogP contribution in [0.15, 0.2) is 0 Å². The molecule has 98 valence electrons. The zero-order valence-electron chi connectivity index (χ0n) is 10.6. The molecular formula is C13H22BrNOS. The lowest BCUT2D eigenvalue weighted by Gasteiger charge is -2.37. The lowest BCUT2D eigenvalue weighted by Crippen LogP contribution is -2.48. The van der Waals surface area contributed by atoms with Crippen LogP contribution in [0.3, 0.4) is 0 Å². The number of carbonyl (C=O) groups excluding carboxylic acids is 1. The Balaban J connectivity index is 1.94. The predicted octanol–water partition coefficient (Wildman–Crippen LogP) is 3.30. The second-order valence-corrected chi connectivity index (χ2v) is 7.81. The Morgan fingerprint density at radius 2 is 2.35 bits per heavy atom. The largest absolute Gasteiger partial charge is 0.341 e. The van der Waals surface area contributed by atoms with Crippen LogP contribution in [0.5, 0.6) is 0 Å². The molecule has 2 aliphatic rings. The number of hydrogen-bond donors (Lipinski definition) is 0. The molecule has 4 heteroatoms. The van der Waals surface area contributed by atoms with Crippen LogP contribution in [0.25, 0.3) is 0 Å². The van der Waals surface area contributed by atoms with Gasteiger partial charge in [0.25, 0.3) is 0 Å². The number of nitrogens with zero attached hydrogens (tertiary/aromatic N) is 1. The predicted molar refractivity (Wildman–Crippen MR) is 77.8 cm³/mol. The Bertz CT molecular complexity index is 277. The van der Waals surface area contributed by atoms with Crippen LogP contribution in [-0.4, -0.2) is 39.7 Å². The molecule has 0 aromatic rings. The number of carbonyl (C=O) groups is 1. The maximum absolute atomic E-state index is 12.6. The molecule has 2 nitrogen and oxygen atoms in total. The Labute approximate surface area is 117 Å². The van der Waals surface area contributed by atoms with Crippen LogP contribution in [0.2, 0.25) is 0 Å². The smallest absolute Gasteiger partial charge is 0.238 e. The summed E-state index contributed by atoms with van der Waals surface area (Å²) in [5, 5.41) is 1.06. The molecular weight excluding hydrogens is 298 g/mol. The van der Waals surface area contributed by atoms with Crippen molar-refractivity contribution in [3.63, 3.8) is 0 Å². The zero-order chi connectivity index (χ0) is 12.3. The molecule has 2 atom stereocenters. The second-order valence-electron chi connectivity index (χ2n) is 5.42. The van der Waals surface area contributed by atoms with Crippen LogP contribution in [0, 0.1) is 5.92 Å². The average molecular weight is 320 g/mol. The topological polar surface area (TPSA) is 20.3 Å². The highest BCUT2D eigenvalue weighted by atomic mass is 79.9. The van der Waals surface area contributed by atoms with E-state index in [0.29, 0.717) is 11.8 Å². The van der Waals surface area contributed by atoms with E-state index in [1.807, 2.05) is 11.8 Å². The Morgan fingerprint density at radius 3 is 3.00 bits per heavy atom. The first-order valence-corrected chi connectivity index (χ1v) is 8.76. The minimum Gasteiger partial charge on any atom is -0.341 e. The lowest BCUT2D eigenvalue weighted by molar-refractivity contribution is -0.135. The zero-order valence-corrected chi connectivity index (χ0v) is 13.0. The van der Waals surface area contributed by atoms with Gasteiger partial charge >= 0.3 is 0 Å². The molecule has 0 N–H and O–H groups in total. The summed E-state index contributed by atoms with van der Waals surface area (Å²) < 4.78 is -0.115. The Morgan fingerprint density at radius 1 is 1.53 bits per heavy atom. The van der Waals surface area contributed by atoms with Gasteiger partial charge in [0, 0.05) is 18.4 Å². The van der Waals surface area contributed by atoms with E-state index >= 15 is 0 Å². The number of piperidine rings is 1. The van der Waals surface area contributed by atoms with Gasteiger partial charge in [-0.25, -0.2) is 0 Å². The Hall–Kier alpha value is 0.300. The van der Waals surface area contributed by atoms with Crippen molar-refractivity contribution in [1.29, 1.82) is 0 Å². The molecule has 0 bridgehead atoms. The molecule has 2 heterocycles. The molecule has 0 saturated carbocycles. The fraction of sp³-hybridized carbons (Fsp3) is 0.923. The second kappa shape index (κ2) is 5.96. The summed E-state index contributed by atoms with van der Waals surface area (Å²) in [6, 6.07) is 0. The highest BCUT2D eigenvalue weighted by Gasteiger charge is 2.40. The van der Waals surface area contributed by atoms with Crippen LogP contribution < -0.4 is 0 Å². The SMILES string of the molecule is CC1(C(=O)N2CCCC(CCBr)C2)CCCS1. The van der Waals surface area contributed by atoms with Gasteiger partial charge in [0.2, 0.25) is 5.91 Å². The highest BCUT2D eigenvalue weighted by molar-refractivity contribution is 9.09. The minimum atomic E-state index is -0.115. The van der Waals surface area contributed by atoms with Gasteiger partial charge in [-0.05, 0) is 50.7 Å². The van der Waals surface area contributed by atoms with E-state index in [1.165, 1.54) is 25.7 Å². The monoisotopic (exact) mass is 319 g/mol. The van der Waals surface area contributed by atoms with E-state index in [9.17, 15) is 4.79 Å². The molecule has 2 unspecified atom stereocenters. The summed E-state index contributed by atoms with van der Waals surface area (Å²) in [4.78, 5) is 14.7. The van der Waals surface area contributed by atoms with E-state index < -0.39 is 0 Å². The number of rotatable bonds is 3. The van der Waals surface area contributed by atoms with Crippen molar-refractivity contribution < 1.29 is 4.79 Å². The van der Waals surface area contributed by atoms with Crippen LogP contribution >= 0.6 is 27.7 Å². The third-order valence-electron chi connectivity index (χ3n) is 3.99. The number of halogens is 1. The number of alkyl halides is 1. The number of likely N-dealkylation sites (tertiary alicyclic amines) is 1. The minimum absolute atomic E-state index is 0.115. The summed E-state index contributed by atoms with van der Waals surface area (Å²) in [6.45, 7) is 4.11. The van der Waals surface area contributed by atoms with Gasteiger partial charge in [-0.15, -0.1) is 11.8 Å². The van der Waals surface area contributed by atoms with Gasteiger partial charge in [0.05, 0.1) is 4.75 Å².